The fourth-order valence-electron chi connectivity index (χ4n) is 3.17. The Morgan fingerprint density at radius 2 is 1.62 bits per heavy atom. The summed E-state index contributed by atoms with van der Waals surface area (Å²) in [5.74, 6) is -0.404. The number of phenols is 1. The van der Waals surface area contributed by atoms with Gasteiger partial charge in [0.1, 0.15) is 11.5 Å². The van der Waals surface area contributed by atoms with Gasteiger partial charge in [-0.3, -0.25) is 4.90 Å². The highest BCUT2D eigenvalue weighted by atomic mass is 35.5. The molecule has 0 unspecified atom stereocenters. The zero-order valence-electron chi connectivity index (χ0n) is 14.9. The first kappa shape index (κ1) is 25.9. The Bertz CT molecular complexity index is 801. The van der Waals surface area contributed by atoms with Gasteiger partial charge in [0.05, 0.1) is 11.1 Å². The number of benzene rings is 2. The van der Waals surface area contributed by atoms with Crippen molar-refractivity contribution in [3.05, 3.63) is 57.6 Å². The number of ether oxygens (including phenoxy) is 1. The van der Waals surface area contributed by atoms with Crippen LogP contribution in [0.4, 0.5) is 13.2 Å². The number of piperazine rings is 1. The molecular weight excluding hydrogens is 475 g/mol. The van der Waals surface area contributed by atoms with Crippen molar-refractivity contribution in [2.45, 2.75) is 12.4 Å². The average Bonchev–Trinajstić information content (AvgIpc) is 2.60. The first-order valence-electron chi connectivity index (χ1n) is 8.23. The Morgan fingerprint density at radius 1 is 1.03 bits per heavy atom. The Kier molecular flexibility index (Phi) is 9.66. The third-order valence-electron chi connectivity index (χ3n) is 4.30. The molecule has 1 aliphatic rings. The van der Waals surface area contributed by atoms with E-state index in [4.69, 9.17) is 23.2 Å². The summed E-state index contributed by atoms with van der Waals surface area (Å²) in [6.07, 6.45) is -4.75. The number of hydrogen-bond acceptors (Lipinski definition) is 4. The zero-order valence-corrected chi connectivity index (χ0v) is 18.0. The van der Waals surface area contributed by atoms with Crippen LogP contribution < -0.4 is 10.1 Å². The maximum Gasteiger partial charge on any atom is 0.573 e. The lowest BCUT2D eigenvalue weighted by atomic mass is 9.95. The van der Waals surface area contributed by atoms with E-state index in [0.717, 1.165) is 13.1 Å². The molecule has 0 amide bonds. The molecule has 1 fully saturated rings. The van der Waals surface area contributed by atoms with Crippen molar-refractivity contribution in [1.82, 2.24) is 10.2 Å². The van der Waals surface area contributed by atoms with Crippen LogP contribution in [0.15, 0.2) is 36.4 Å². The summed E-state index contributed by atoms with van der Waals surface area (Å²) < 4.78 is 41.1. The average molecular weight is 494 g/mol. The number of aromatic hydroxyl groups is 1. The maximum absolute atomic E-state index is 12.4. The SMILES string of the molecule is Cl.Cl.Oc1c(Cl)cc(Cl)cc1[C@H](c1ccc(OC(F)(F)F)cc1)N1CCNCC1. The van der Waals surface area contributed by atoms with Crippen molar-refractivity contribution < 1.29 is 23.0 Å². The van der Waals surface area contributed by atoms with Crippen LogP contribution in [0.25, 0.3) is 0 Å². The lowest BCUT2D eigenvalue weighted by Gasteiger charge is -2.36. The van der Waals surface area contributed by atoms with Crippen LogP contribution in [0.5, 0.6) is 11.5 Å². The summed E-state index contributed by atoms with van der Waals surface area (Å²) in [4.78, 5) is 2.11. The number of halogens is 7. The van der Waals surface area contributed by atoms with Gasteiger partial charge in [0.2, 0.25) is 0 Å². The molecule has 4 nitrogen and oxygen atoms in total. The fraction of sp³-hybridized carbons (Fsp3) is 0.333. The highest BCUT2D eigenvalue weighted by Gasteiger charge is 2.32. The Labute approximate surface area is 188 Å². The Morgan fingerprint density at radius 3 is 2.17 bits per heavy atom. The Balaban J connectivity index is 0.00000210. The second-order valence-corrected chi connectivity index (χ2v) is 6.97. The molecule has 0 aliphatic carbocycles. The van der Waals surface area contributed by atoms with E-state index in [1.165, 1.54) is 18.2 Å². The highest BCUT2D eigenvalue weighted by molar-refractivity contribution is 6.35. The molecule has 1 saturated heterocycles. The second-order valence-electron chi connectivity index (χ2n) is 6.13. The van der Waals surface area contributed by atoms with Crippen molar-refractivity contribution in [2.75, 3.05) is 26.2 Å². The summed E-state index contributed by atoms with van der Waals surface area (Å²) in [5.41, 5.74) is 1.19. The molecule has 11 heteroatoms. The molecule has 2 N–H and O–H groups in total. The molecule has 29 heavy (non-hydrogen) atoms. The van der Waals surface area contributed by atoms with Crippen molar-refractivity contribution in [3.63, 3.8) is 0 Å². The van der Waals surface area contributed by atoms with Crippen LogP contribution in [0.3, 0.4) is 0 Å². The number of phenolic OH excluding ortho intramolecular Hbond substituents is 1. The predicted octanol–water partition coefficient (Wildman–Crippen LogP) is 5.44. The first-order chi connectivity index (χ1) is 12.7. The third kappa shape index (κ3) is 6.70. The third-order valence-corrected chi connectivity index (χ3v) is 4.80. The lowest BCUT2D eigenvalue weighted by Crippen LogP contribution is -2.45. The number of nitrogens with one attached hydrogen (secondary N) is 1. The van der Waals surface area contributed by atoms with E-state index in [9.17, 15) is 18.3 Å². The minimum atomic E-state index is -4.75. The topological polar surface area (TPSA) is 44.7 Å². The van der Waals surface area contributed by atoms with Gasteiger partial charge in [-0.15, -0.1) is 38.0 Å². The highest BCUT2D eigenvalue weighted by Crippen LogP contribution is 2.40. The molecule has 2 aromatic rings. The van der Waals surface area contributed by atoms with Gasteiger partial charge in [-0.25, -0.2) is 0 Å². The molecule has 0 saturated carbocycles. The van der Waals surface area contributed by atoms with Crippen LogP contribution >= 0.6 is 48.0 Å². The van der Waals surface area contributed by atoms with E-state index in [1.807, 2.05) is 0 Å². The van der Waals surface area contributed by atoms with Crippen molar-refractivity contribution in [2.24, 2.45) is 0 Å². The number of hydrogen-bond donors (Lipinski definition) is 2. The molecule has 162 valence electrons. The fourth-order valence-corrected chi connectivity index (χ4v) is 3.68. The smallest absolute Gasteiger partial charge is 0.506 e. The van der Waals surface area contributed by atoms with Gasteiger partial charge < -0.3 is 15.2 Å². The van der Waals surface area contributed by atoms with Gasteiger partial charge in [-0.1, -0.05) is 35.3 Å². The summed E-state index contributed by atoms with van der Waals surface area (Å²) >= 11 is 12.2. The van der Waals surface area contributed by atoms with E-state index in [0.29, 0.717) is 29.2 Å². The summed E-state index contributed by atoms with van der Waals surface area (Å²) in [6.45, 7) is 2.88. The van der Waals surface area contributed by atoms with Crippen molar-refractivity contribution in [1.29, 1.82) is 0 Å². The minimum absolute atomic E-state index is 0. The molecule has 3 rings (SSSR count). The lowest BCUT2D eigenvalue weighted by molar-refractivity contribution is -0.274. The van der Waals surface area contributed by atoms with Crippen molar-refractivity contribution in [3.8, 4) is 11.5 Å². The van der Waals surface area contributed by atoms with Crippen LogP contribution in [-0.2, 0) is 0 Å². The van der Waals surface area contributed by atoms with E-state index >= 15 is 0 Å². The molecular formula is C18H19Cl4F3N2O2. The summed E-state index contributed by atoms with van der Waals surface area (Å²) in [7, 11) is 0. The molecule has 0 radical (unpaired) electrons. The maximum atomic E-state index is 12.4. The van der Waals surface area contributed by atoms with Crippen LogP contribution in [-0.4, -0.2) is 42.5 Å². The Hall–Kier alpha value is -1.09. The van der Waals surface area contributed by atoms with Gasteiger partial charge in [-0.05, 0) is 29.8 Å². The molecule has 0 aromatic heterocycles. The van der Waals surface area contributed by atoms with Crippen LogP contribution in [0, 0.1) is 0 Å². The van der Waals surface area contributed by atoms with E-state index < -0.39 is 12.4 Å². The van der Waals surface area contributed by atoms with E-state index in [2.05, 4.69) is 15.0 Å². The predicted molar refractivity (Wildman–Crippen MR) is 112 cm³/mol. The minimum Gasteiger partial charge on any atom is -0.506 e. The first-order valence-corrected chi connectivity index (χ1v) is 8.98. The summed E-state index contributed by atoms with van der Waals surface area (Å²) in [6, 6.07) is 8.24. The standard InChI is InChI=1S/C18H17Cl2F3N2O2.2ClH/c19-12-9-14(17(26)15(20)10-12)16(25-7-5-24-6-8-25)11-1-3-13(4-2-11)27-18(21,22)23;;/h1-4,9-10,16,24,26H,5-8H2;2*1H/t16-;;/m0../s1. The van der Waals surface area contributed by atoms with Gasteiger partial charge in [0, 0.05) is 36.8 Å². The molecule has 0 bridgehead atoms. The molecule has 1 heterocycles. The molecule has 1 atom stereocenters. The second kappa shape index (κ2) is 10.8. The normalized spacial score (nSPS) is 15.8. The molecule has 1 aliphatic heterocycles. The van der Waals surface area contributed by atoms with Gasteiger partial charge >= 0.3 is 6.36 Å². The number of nitrogens with zero attached hydrogens (tertiary/aromatic N) is 1. The van der Waals surface area contributed by atoms with Crippen LogP contribution in [0.2, 0.25) is 10.0 Å². The van der Waals surface area contributed by atoms with Gasteiger partial charge in [-0.2, -0.15) is 0 Å². The number of rotatable bonds is 4. The van der Waals surface area contributed by atoms with Crippen molar-refractivity contribution >= 4 is 48.0 Å². The van der Waals surface area contributed by atoms with Gasteiger partial charge in [0.25, 0.3) is 0 Å². The van der Waals surface area contributed by atoms with Gasteiger partial charge in [0.15, 0.2) is 0 Å². The largest absolute Gasteiger partial charge is 0.573 e. The van der Waals surface area contributed by atoms with E-state index in [-0.39, 0.29) is 41.3 Å². The molecule has 2 aromatic carbocycles. The van der Waals surface area contributed by atoms with Crippen LogP contribution in [0.1, 0.15) is 17.2 Å². The monoisotopic (exact) mass is 492 g/mol. The number of alkyl halides is 3. The molecule has 0 spiro atoms. The zero-order chi connectivity index (χ0) is 19.6. The quantitative estimate of drug-likeness (QED) is 0.595. The summed E-state index contributed by atoms with van der Waals surface area (Å²) in [5, 5.41) is 14.2. The van der Waals surface area contributed by atoms with E-state index in [1.54, 1.807) is 18.2 Å².